The molecule has 0 saturated carbocycles. The normalized spacial score (nSPS) is 11.1. The Morgan fingerprint density at radius 1 is 0.368 bits per heavy atom. The summed E-state index contributed by atoms with van der Waals surface area (Å²) in [6, 6.07) is 0. The van der Waals surface area contributed by atoms with Crippen LogP contribution in [0, 0.1) is 0 Å². The van der Waals surface area contributed by atoms with E-state index in [1.54, 1.807) is 0 Å². The van der Waals surface area contributed by atoms with Crippen LogP contribution in [0.15, 0.2) is 0 Å². The Labute approximate surface area is 117 Å². The molecule has 0 unspecified atom stereocenters. The highest BCUT2D eigenvalue weighted by Gasteiger charge is 1.90. The summed E-state index contributed by atoms with van der Waals surface area (Å²) < 4.78 is 0. The van der Waals surface area contributed by atoms with Crippen molar-refractivity contribution in [1.29, 1.82) is 0 Å². The molecule has 0 atom stereocenters. The van der Waals surface area contributed by atoms with E-state index in [1.165, 1.54) is 0 Å². The summed E-state index contributed by atoms with van der Waals surface area (Å²) in [4.78, 5) is 0. The highest BCUT2D eigenvalue weighted by atomic mass is 15.0. The monoisotopic (exact) mass is 275 g/mol. The number of nitrogens with two attached hydrogens (primary N) is 2. The molecule has 0 amide bonds. The predicted molar refractivity (Wildman–Crippen MR) is 82.5 cm³/mol. The van der Waals surface area contributed by atoms with Gasteiger partial charge in [0.05, 0.1) is 0 Å². The van der Waals surface area contributed by atoms with E-state index in [1.807, 2.05) is 0 Å². The lowest BCUT2D eigenvalue weighted by molar-refractivity contribution is 0.559. The molecule has 0 aromatic rings. The van der Waals surface area contributed by atoms with Crippen LogP contribution < -0.4 is 38.1 Å². The van der Waals surface area contributed by atoms with Gasteiger partial charge in [-0.25, -0.2) is 0 Å². The van der Waals surface area contributed by atoms with Gasteiger partial charge in [-0.05, 0) is 0 Å². The topological polar surface area (TPSA) is 112 Å². The number of rotatable bonds is 16. The SMILES string of the molecule is NCCNCCNCCNCCNCCNCCN. The highest BCUT2D eigenvalue weighted by Crippen LogP contribution is 1.63. The summed E-state index contributed by atoms with van der Waals surface area (Å²) in [7, 11) is 0. The molecule has 0 rings (SSSR count). The van der Waals surface area contributed by atoms with Crippen molar-refractivity contribution in [1.82, 2.24) is 26.6 Å². The summed E-state index contributed by atoms with van der Waals surface area (Å²) in [6.07, 6.45) is 0. The van der Waals surface area contributed by atoms with E-state index >= 15 is 0 Å². The van der Waals surface area contributed by atoms with E-state index in [0.29, 0.717) is 13.1 Å². The van der Waals surface area contributed by atoms with E-state index in [2.05, 4.69) is 26.6 Å². The molecule has 116 valence electrons. The van der Waals surface area contributed by atoms with Gasteiger partial charge < -0.3 is 38.1 Å². The van der Waals surface area contributed by atoms with Crippen molar-refractivity contribution in [2.45, 2.75) is 0 Å². The lowest BCUT2D eigenvalue weighted by Gasteiger charge is -2.08. The molecular formula is C12H33N7. The first kappa shape index (κ1) is 18.7. The zero-order valence-electron chi connectivity index (χ0n) is 12.1. The zero-order chi connectivity index (χ0) is 14.0. The fraction of sp³-hybridized carbons (Fsp3) is 1.00. The van der Waals surface area contributed by atoms with Crippen molar-refractivity contribution in [3.8, 4) is 0 Å². The van der Waals surface area contributed by atoms with Crippen LogP contribution in [0.4, 0.5) is 0 Å². The molecule has 0 fully saturated rings. The second-order valence-electron chi connectivity index (χ2n) is 4.33. The van der Waals surface area contributed by atoms with Gasteiger partial charge in [-0.15, -0.1) is 0 Å². The second-order valence-corrected chi connectivity index (χ2v) is 4.33. The molecule has 0 aliphatic carbocycles. The van der Waals surface area contributed by atoms with Gasteiger partial charge in [-0.1, -0.05) is 0 Å². The first-order valence-corrected chi connectivity index (χ1v) is 7.35. The third-order valence-electron chi connectivity index (χ3n) is 2.56. The van der Waals surface area contributed by atoms with Crippen LogP contribution in [0.5, 0.6) is 0 Å². The Bertz CT molecular complexity index is 141. The Balaban J connectivity index is 2.88. The molecule has 9 N–H and O–H groups in total. The van der Waals surface area contributed by atoms with Crippen molar-refractivity contribution >= 4 is 0 Å². The summed E-state index contributed by atoms with van der Waals surface area (Å²) in [5.41, 5.74) is 10.7. The first-order chi connectivity index (χ1) is 9.41. The summed E-state index contributed by atoms with van der Waals surface area (Å²) in [5.74, 6) is 0. The minimum Gasteiger partial charge on any atom is -0.329 e. The quantitative estimate of drug-likeness (QED) is 0.149. The molecule has 0 aliphatic heterocycles. The predicted octanol–water partition coefficient (Wildman–Crippen LogP) is -3.15. The van der Waals surface area contributed by atoms with E-state index in [-0.39, 0.29) is 0 Å². The van der Waals surface area contributed by atoms with Crippen LogP contribution >= 0.6 is 0 Å². The third-order valence-corrected chi connectivity index (χ3v) is 2.56. The van der Waals surface area contributed by atoms with Gasteiger partial charge in [0.25, 0.3) is 0 Å². The lowest BCUT2D eigenvalue weighted by atomic mass is 10.5. The molecule has 0 heterocycles. The highest BCUT2D eigenvalue weighted by molar-refractivity contribution is 4.57. The fourth-order valence-corrected chi connectivity index (χ4v) is 1.54. The van der Waals surface area contributed by atoms with E-state index in [0.717, 1.165) is 65.4 Å². The Morgan fingerprint density at radius 2 is 0.579 bits per heavy atom. The molecule has 19 heavy (non-hydrogen) atoms. The first-order valence-electron chi connectivity index (χ1n) is 7.35. The van der Waals surface area contributed by atoms with Crippen LogP contribution in [0.3, 0.4) is 0 Å². The molecule has 0 radical (unpaired) electrons. The van der Waals surface area contributed by atoms with Gasteiger partial charge in [-0.2, -0.15) is 0 Å². The van der Waals surface area contributed by atoms with Crippen molar-refractivity contribution in [3.63, 3.8) is 0 Å². The number of hydrogen-bond donors (Lipinski definition) is 7. The van der Waals surface area contributed by atoms with Gasteiger partial charge in [0.1, 0.15) is 0 Å². The van der Waals surface area contributed by atoms with E-state index in [9.17, 15) is 0 Å². The maximum absolute atomic E-state index is 5.37. The standard InChI is InChI=1S/C12H33N7/c13-1-3-15-5-7-17-9-11-19-12-10-18-8-6-16-4-2-14/h15-19H,1-14H2. The molecule has 0 aliphatic rings. The van der Waals surface area contributed by atoms with Crippen molar-refractivity contribution < 1.29 is 0 Å². The van der Waals surface area contributed by atoms with E-state index in [4.69, 9.17) is 11.5 Å². The molecule has 0 spiro atoms. The fourth-order valence-electron chi connectivity index (χ4n) is 1.54. The van der Waals surface area contributed by atoms with Crippen LogP contribution in [-0.4, -0.2) is 78.5 Å². The van der Waals surface area contributed by atoms with Crippen molar-refractivity contribution in [2.24, 2.45) is 11.5 Å². The van der Waals surface area contributed by atoms with E-state index < -0.39 is 0 Å². The minimum atomic E-state index is 0.705. The smallest absolute Gasteiger partial charge is 0.00772 e. The Hall–Kier alpha value is -0.280. The molecule has 0 bridgehead atoms. The molecule has 7 heteroatoms. The second kappa shape index (κ2) is 17.7. The molecular weight excluding hydrogens is 242 g/mol. The van der Waals surface area contributed by atoms with Gasteiger partial charge in [0.15, 0.2) is 0 Å². The average molecular weight is 275 g/mol. The summed E-state index contributed by atoms with van der Waals surface area (Å²) in [6.45, 7) is 11.2. The maximum Gasteiger partial charge on any atom is 0.00772 e. The van der Waals surface area contributed by atoms with Crippen LogP contribution in [0.1, 0.15) is 0 Å². The number of nitrogens with one attached hydrogen (secondary N) is 5. The lowest BCUT2D eigenvalue weighted by Crippen LogP contribution is -2.37. The van der Waals surface area contributed by atoms with Gasteiger partial charge in [-0.3, -0.25) is 0 Å². The Morgan fingerprint density at radius 3 is 0.789 bits per heavy atom. The third kappa shape index (κ3) is 17.7. The van der Waals surface area contributed by atoms with Gasteiger partial charge in [0.2, 0.25) is 0 Å². The molecule has 0 aromatic carbocycles. The van der Waals surface area contributed by atoms with Crippen LogP contribution in [-0.2, 0) is 0 Å². The van der Waals surface area contributed by atoms with Crippen LogP contribution in [0.2, 0.25) is 0 Å². The van der Waals surface area contributed by atoms with Crippen molar-refractivity contribution in [2.75, 3.05) is 78.5 Å². The molecule has 0 aromatic heterocycles. The zero-order valence-corrected chi connectivity index (χ0v) is 12.1. The minimum absolute atomic E-state index is 0.705. The van der Waals surface area contributed by atoms with Crippen molar-refractivity contribution in [3.05, 3.63) is 0 Å². The van der Waals surface area contributed by atoms with Gasteiger partial charge >= 0.3 is 0 Å². The maximum atomic E-state index is 5.37. The summed E-state index contributed by atoms with van der Waals surface area (Å²) >= 11 is 0. The van der Waals surface area contributed by atoms with Gasteiger partial charge in [0, 0.05) is 78.5 Å². The molecule has 7 nitrogen and oxygen atoms in total. The summed E-state index contributed by atoms with van der Waals surface area (Å²) in [5, 5.41) is 16.6. The van der Waals surface area contributed by atoms with Crippen LogP contribution in [0.25, 0.3) is 0 Å². The molecule has 0 saturated heterocycles. The Kier molecular flexibility index (Phi) is 17.5. The average Bonchev–Trinajstić information content (AvgIpc) is 2.43. The number of hydrogen-bond acceptors (Lipinski definition) is 7. The largest absolute Gasteiger partial charge is 0.329 e.